The third kappa shape index (κ3) is 7.76. The molecule has 3 rings (SSSR count). The molecule has 3 aliphatic rings. The molecule has 2 N–H and O–H groups in total. The third-order valence-corrected chi connectivity index (χ3v) is 6.83. The van der Waals surface area contributed by atoms with Gasteiger partial charge in [0.05, 0.1) is 6.04 Å². The van der Waals surface area contributed by atoms with Crippen molar-refractivity contribution in [3.8, 4) is 0 Å². The first-order valence-electron chi connectivity index (χ1n) is 11.8. The third-order valence-electron chi connectivity index (χ3n) is 6.83. The van der Waals surface area contributed by atoms with E-state index in [0.717, 1.165) is 58.1 Å². The highest BCUT2D eigenvalue weighted by Crippen LogP contribution is 2.27. The number of nitrogens with zero attached hydrogens (tertiary/aromatic N) is 4. The number of amides is 2. The van der Waals surface area contributed by atoms with Crippen LogP contribution in [-0.2, 0) is 9.59 Å². The van der Waals surface area contributed by atoms with Gasteiger partial charge >= 0.3 is 0 Å². The molecule has 1 aliphatic carbocycles. The molecule has 1 saturated carbocycles. The molecule has 3 fully saturated rings. The molecule has 1 atom stereocenters. The molecule has 2 aliphatic heterocycles. The van der Waals surface area contributed by atoms with E-state index in [0.29, 0.717) is 25.4 Å². The van der Waals surface area contributed by atoms with E-state index in [1.807, 2.05) is 11.8 Å². The van der Waals surface area contributed by atoms with Gasteiger partial charge in [-0.1, -0.05) is 12.8 Å². The Bertz CT molecular complexity index is 597. The summed E-state index contributed by atoms with van der Waals surface area (Å²) >= 11 is 0. The standard InChI is InChI=1S/C22H40N6O2.HI/c1-18(21(30)27-11-5-6-12-27)26-13-15-28(16-14-26)22(23-2)25-10-9-24-20(29)17-19-7-3-4-8-19;/h18-19H,3-17H2,1-2H3,(H,23,25)(H,24,29);1H. The summed E-state index contributed by atoms with van der Waals surface area (Å²) in [5.74, 6) is 1.90. The lowest BCUT2D eigenvalue weighted by Crippen LogP contribution is -2.57. The SMILES string of the molecule is CN=C(NCCNC(=O)CC1CCCC1)N1CCN(C(C)C(=O)N2CCCC2)CC1.I. The molecule has 2 amide bonds. The van der Waals surface area contributed by atoms with Crippen LogP contribution in [0.25, 0.3) is 0 Å². The van der Waals surface area contributed by atoms with Crippen LogP contribution in [0.3, 0.4) is 0 Å². The van der Waals surface area contributed by atoms with E-state index in [9.17, 15) is 9.59 Å². The lowest BCUT2D eigenvalue weighted by atomic mass is 10.0. The summed E-state index contributed by atoms with van der Waals surface area (Å²) in [7, 11) is 1.80. The maximum Gasteiger partial charge on any atom is 0.239 e. The first-order chi connectivity index (χ1) is 14.6. The second kappa shape index (κ2) is 13.4. The zero-order valence-electron chi connectivity index (χ0n) is 19.3. The van der Waals surface area contributed by atoms with E-state index in [4.69, 9.17) is 0 Å². The Morgan fingerprint density at radius 2 is 1.52 bits per heavy atom. The van der Waals surface area contributed by atoms with E-state index < -0.39 is 0 Å². The Kier molecular flexibility index (Phi) is 11.3. The fourth-order valence-electron chi connectivity index (χ4n) is 4.94. The maximum atomic E-state index is 12.7. The number of carbonyl (C=O) groups is 2. The van der Waals surface area contributed by atoms with Crippen molar-refractivity contribution in [1.82, 2.24) is 25.3 Å². The fourth-order valence-corrected chi connectivity index (χ4v) is 4.94. The van der Waals surface area contributed by atoms with Gasteiger partial charge in [-0.3, -0.25) is 19.5 Å². The van der Waals surface area contributed by atoms with Crippen LogP contribution >= 0.6 is 24.0 Å². The van der Waals surface area contributed by atoms with Crippen molar-refractivity contribution in [3.05, 3.63) is 0 Å². The van der Waals surface area contributed by atoms with Crippen molar-refractivity contribution < 1.29 is 9.59 Å². The lowest BCUT2D eigenvalue weighted by molar-refractivity contribution is -0.135. The number of rotatable bonds is 7. The first kappa shape index (κ1) is 26.2. The minimum absolute atomic E-state index is 0. The van der Waals surface area contributed by atoms with Gasteiger partial charge in [-0.25, -0.2) is 0 Å². The number of nitrogens with one attached hydrogen (secondary N) is 2. The van der Waals surface area contributed by atoms with Crippen molar-refractivity contribution in [1.29, 1.82) is 0 Å². The summed E-state index contributed by atoms with van der Waals surface area (Å²) in [4.78, 5) is 35.6. The highest BCUT2D eigenvalue weighted by molar-refractivity contribution is 14.0. The van der Waals surface area contributed by atoms with Crippen LogP contribution in [0, 0.1) is 5.92 Å². The highest BCUT2D eigenvalue weighted by atomic mass is 127. The molecule has 9 heteroatoms. The van der Waals surface area contributed by atoms with Crippen molar-refractivity contribution in [2.75, 3.05) is 59.4 Å². The fraction of sp³-hybridized carbons (Fsp3) is 0.864. The monoisotopic (exact) mass is 548 g/mol. The molecule has 1 unspecified atom stereocenters. The van der Waals surface area contributed by atoms with Gasteiger partial charge in [0.25, 0.3) is 0 Å². The number of carbonyl (C=O) groups excluding carboxylic acids is 2. The summed E-state index contributed by atoms with van der Waals surface area (Å²) in [5, 5.41) is 6.39. The summed E-state index contributed by atoms with van der Waals surface area (Å²) in [5.41, 5.74) is 0. The quantitative estimate of drug-likeness (QED) is 0.218. The molecule has 8 nitrogen and oxygen atoms in total. The van der Waals surface area contributed by atoms with E-state index >= 15 is 0 Å². The second-order valence-corrected chi connectivity index (χ2v) is 8.91. The highest BCUT2D eigenvalue weighted by Gasteiger charge is 2.30. The topological polar surface area (TPSA) is 80.3 Å². The molecule has 0 aromatic rings. The van der Waals surface area contributed by atoms with E-state index in [2.05, 4.69) is 25.4 Å². The molecule has 0 bridgehead atoms. The van der Waals surface area contributed by atoms with Crippen LogP contribution in [0.4, 0.5) is 0 Å². The molecular weight excluding hydrogens is 507 g/mol. The van der Waals surface area contributed by atoms with Crippen molar-refractivity contribution in [3.63, 3.8) is 0 Å². The van der Waals surface area contributed by atoms with Crippen molar-refractivity contribution in [2.24, 2.45) is 10.9 Å². The van der Waals surface area contributed by atoms with Crippen LogP contribution in [-0.4, -0.2) is 97.9 Å². The molecule has 0 aromatic carbocycles. The number of halogens is 1. The largest absolute Gasteiger partial charge is 0.354 e. The Hall–Kier alpha value is -1.10. The smallest absolute Gasteiger partial charge is 0.239 e. The predicted octanol–water partition coefficient (Wildman–Crippen LogP) is 1.50. The Balaban J connectivity index is 0.00000341. The molecule has 2 heterocycles. The van der Waals surface area contributed by atoms with E-state index in [1.165, 1.54) is 25.7 Å². The van der Waals surface area contributed by atoms with Crippen LogP contribution in [0.1, 0.15) is 51.9 Å². The number of hydrogen-bond donors (Lipinski definition) is 2. The summed E-state index contributed by atoms with van der Waals surface area (Å²) in [6.45, 7) is 8.58. The number of guanidine groups is 1. The molecule has 31 heavy (non-hydrogen) atoms. The van der Waals surface area contributed by atoms with Gasteiger partial charge in [0, 0.05) is 65.8 Å². The van der Waals surface area contributed by atoms with E-state index in [1.54, 1.807) is 7.05 Å². The molecule has 0 radical (unpaired) electrons. The summed E-state index contributed by atoms with van der Waals surface area (Å²) in [6.07, 6.45) is 7.89. The Morgan fingerprint density at radius 3 is 2.13 bits per heavy atom. The zero-order valence-corrected chi connectivity index (χ0v) is 21.6. The molecule has 0 spiro atoms. The van der Waals surface area contributed by atoms with Crippen LogP contribution in [0.5, 0.6) is 0 Å². The van der Waals surface area contributed by atoms with Gasteiger partial charge in [-0.15, -0.1) is 24.0 Å². The molecular formula is C22H41IN6O2. The minimum Gasteiger partial charge on any atom is -0.354 e. The number of likely N-dealkylation sites (tertiary alicyclic amines) is 1. The maximum absolute atomic E-state index is 12.7. The van der Waals surface area contributed by atoms with Crippen LogP contribution in [0.15, 0.2) is 4.99 Å². The van der Waals surface area contributed by atoms with Gasteiger partial charge in [0.2, 0.25) is 11.8 Å². The molecule has 0 aromatic heterocycles. The van der Waals surface area contributed by atoms with Gasteiger partial charge < -0.3 is 20.4 Å². The first-order valence-corrected chi connectivity index (χ1v) is 11.8. The lowest BCUT2D eigenvalue weighted by Gasteiger charge is -2.39. The van der Waals surface area contributed by atoms with Crippen molar-refractivity contribution in [2.45, 2.75) is 57.9 Å². The van der Waals surface area contributed by atoms with Gasteiger partial charge in [0.15, 0.2) is 5.96 Å². The Labute approximate surface area is 204 Å². The molecule has 2 saturated heterocycles. The Morgan fingerprint density at radius 1 is 0.903 bits per heavy atom. The van der Waals surface area contributed by atoms with Gasteiger partial charge in [-0.05, 0) is 38.5 Å². The number of hydrogen-bond acceptors (Lipinski definition) is 4. The summed E-state index contributed by atoms with van der Waals surface area (Å²) < 4.78 is 0. The van der Waals surface area contributed by atoms with Gasteiger partial charge in [-0.2, -0.15) is 0 Å². The predicted molar refractivity (Wildman–Crippen MR) is 135 cm³/mol. The average molecular weight is 549 g/mol. The van der Waals surface area contributed by atoms with Crippen LogP contribution < -0.4 is 10.6 Å². The van der Waals surface area contributed by atoms with Crippen molar-refractivity contribution >= 4 is 41.8 Å². The normalized spacial score (nSPS) is 21.7. The van der Waals surface area contributed by atoms with Crippen LogP contribution in [0.2, 0.25) is 0 Å². The number of aliphatic imine (C=N–C) groups is 1. The zero-order chi connectivity index (χ0) is 21.3. The average Bonchev–Trinajstić information content (AvgIpc) is 3.47. The summed E-state index contributed by atoms with van der Waals surface area (Å²) in [6, 6.07) is -0.0460. The van der Waals surface area contributed by atoms with Gasteiger partial charge in [0.1, 0.15) is 0 Å². The molecule has 178 valence electrons. The van der Waals surface area contributed by atoms with E-state index in [-0.39, 0.29) is 41.8 Å². The second-order valence-electron chi connectivity index (χ2n) is 8.91. The minimum atomic E-state index is -0.0460. The number of piperazine rings is 1.